The SMILES string of the molecule is C/C=C/C(=O)N[C@@H]1CNC[C@H]1NC(C)C. The van der Waals surface area contributed by atoms with Gasteiger partial charge in [-0.3, -0.25) is 4.79 Å². The minimum atomic E-state index is -0.0123. The van der Waals surface area contributed by atoms with Gasteiger partial charge < -0.3 is 16.0 Å². The molecule has 0 saturated carbocycles. The second kappa shape index (κ2) is 5.88. The summed E-state index contributed by atoms with van der Waals surface area (Å²) in [7, 11) is 0. The highest BCUT2D eigenvalue weighted by molar-refractivity contribution is 5.87. The molecule has 0 aromatic carbocycles. The lowest BCUT2D eigenvalue weighted by Crippen LogP contribution is -2.50. The standard InChI is InChI=1S/C11H21N3O/c1-4-5-11(15)14-10-7-12-6-9(10)13-8(2)3/h4-5,8-10,12-13H,6-7H2,1-3H3,(H,14,15)/b5-4+/t9-,10-/m1/s1. The molecule has 0 aromatic heterocycles. The van der Waals surface area contributed by atoms with Crippen LogP contribution in [-0.2, 0) is 4.79 Å². The van der Waals surface area contributed by atoms with Crippen LogP contribution >= 0.6 is 0 Å². The van der Waals surface area contributed by atoms with Crippen molar-refractivity contribution in [1.29, 1.82) is 0 Å². The molecule has 1 amide bonds. The van der Waals surface area contributed by atoms with Crippen LogP contribution in [0.1, 0.15) is 20.8 Å². The summed E-state index contributed by atoms with van der Waals surface area (Å²) in [5, 5.41) is 9.70. The Hall–Kier alpha value is -0.870. The van der Waals surface area contributed by atoms with Crippen molar-refractivity contribution in [2.24, 2.45) is 0 Å². The van der Waals surface area contributed by atoms with E-state index in [-0.39, 0.29) is 11.9 Å². The molecule has 0 bridgehead atoms. The zero-order valence-corrected chi connectivity index (χ0v) is 9.71. The topological polar surface area (TPSA) is 53.2 Å². The van der Waals surface area contributed by atoms with Crippen molar-refractivity contribution < 1.29 is 4.79 Å². The molecule has 0 aliphatic carbocycles. The van der Waals surface area contributed by atoms with Crippen molar-refractivity contribution in [3.63, 3.8) is 0 Å². The largest absolute Gasteiger partial charge is 0.347 e. The molecule has 0 aromatic rings. The third kappa shape index (κ3) is 4.01. The van der Waals surface area contributed by atoms with Crippen molar-refractivity contribution in [3.05, 3.63) is 12.2 Å². The Bertz CT molecular complexity index is 238. The van der Waals surface area contributed by atoms with Gasteiger partial charge in [0.25, 0.3) is 0 Å². The van der Waals surface area contributed by atoms with E-state index >= 15 is 0 Å². The van der Waals surface area contributed by atoms with Gasteiger partial charge in [0, 0.05) is 25.2 Å². The highest BCUT2D eigenvalue weighted by Crippen LogP contribution is 2.01. The summed E-state index contributed by atoms with van der Waals surface area (Å²) in [5.74, 6) is -0.0123. The van der Waals surface area contributed by atoms with E-state index < -0.39 is 0 Å². The van der Waals surface area contributed by atoms with Crippen LogP contribution in [0, 0.1) is 0 Å². The van der Waals surface area contributed by atoms with E-state index in [1.165, 1.54) is 0 Å². The molecule has 15 heavy (non-hydrogen) atoms. The van der Waals surface area contributed by atoms with Gasteiger partial charge in [-0.1, -0.05) is 19.9 Å². The zero-order valence-electron chi connectivity index (χ0n) is 9.71. The monoisotopic (exact) mass is 211 g/mol. The number of carbonyl (C=O) groups is 1. The Kier molecular flexibility index (Phi) is 4.78. The Morgan fingerprint density at radius 2 is 2.07 bits per heavy atom. The van der Waals surface area contributed by atoms with E-state index in [0.29, 0.717) is 12.1 Å². The van der Waals surface area contributed by atoms with Gasteiger partial charge in [-0.25, -0.2) is 0 Å². The maximum atomic E-state index is 11.4. The van der Waals surface area contributed by atoms with Crippen LogP contribution < -0.4 is 16.0 Å². The van der Waals surface area contributed by atoms with Gasteiger partial charge in [-0.05, 0) is 13.0 Å². The van der Waals surface area contributed by atoms with Gasteiger partial charge >= 0.3 is 0 Å². The predicted molar refractivity (Wildman–Crippen MR) is 61.7 cm³/mol. The van der Waals surface area contributed by atoms with Crippen LogP contribution in [0.4, 0.5) is 0 Å². The van der Waals surface area contributed by atoms with Gasteiger partial charge in [0.05, 0.1) is 6.04 Å². The maximum Gasteiger partial charge on any atom is 0.243 e. The lowest BCUT2D eigenvalue weighted by atomic mass is 10.1. The first kappa shape index (κ1) is 12.2. The number of allylic oxidation sites excluding steroid dienone is 1. The zero-order chi connectivity index (χ0) is 11.3. The number of carbonyl (C=O) groups excluding carboxylic acids is 1. The molecule has 3 N–H and O–H groups in total. The van der Waals surface area contributed by atoms with Crippen LogP contribution in [0.3, 0.4) is 0 Å². The maximum absolute atomic E-state index is 11.4. The summed E-state index contributed by atoms with van der Waals surface area (Å²) < 4.78 is 0. The number of hydrogen-bond donors (Lipinski definition) is 3. The second-order valence-electron chi connectivity index (χ2n) is 4.20. The van der Waals surface area contributed by atoms with Gasteiger partial charge in [-0.2, -0.15) is 0 Å². The molecule has 1 aliphatic heterocycles. The first-order valence-corrected chi connectivity index (χ1v) is 5.53. The molecule has 4 heteroatoms. The van der Waals surface area contributed by atoms with E-state index in [0.717, 1.165) is 13.1 Å². The summed E-state index contributed by atoms with van der Waals surface area (Å²) in [6.45, 7) is 7.83. The normalized spacial score (nSPS) is 26.4. The van der Waals surface area contributed by atoms with Crippen LogP contribution in [0.25, 0.3) is 0 Å². The molecule has 1 fully saturated rings. The molecule has 1 saturated heterocycles. The second-order valence-corrected chi connectivity index (χ2v) is 4.20. The van der Waals surface area contributed by atoms with Crippen LogP contribution in [-0.4, -0.2) is 37.1 Å². The average molecular weight is 211 g/mol. The Morgan fingerprint density at radius 1 is 1.40 bits per heavy atom. The quantitative estimate of drug-likeness (QED) is 0.575. The van der Waals surface area contributed by atoms with Gasteiger partial charge in [0.2, 0.25) is 5.91 Å². The van der Waals surface area contributed by atoms with Gasteiger partial charge in [-0.15, -0.1) is 0 Å². The highest BCUT2D eigenvalue weighted by Gasteiger charge is 2.27. The molecule has 1 heterocycles. The van der Waals surface area contributed by atoms with Crippen LogP contribution in [0.2, 0.25) is 0 Å². The predicted octanol–water partition coefficient (Wildman–Crippen LogP) is 0.0171. The van der Waals surface area contributed by atoms with Crippen molar-refractivity contribution in [2.45, 2.75) is 38.9 Å². The highest BCUT2D eigenvalue weighted by atomic mass is 16.1. The van der Waals surface area contributed by atoms with Gasteiger partial charge in [0.1, 0.15) is 0 Å². The van der Waals surface area contributed by atoms with Gasteiger partial charge in [0.15, 0.2) is 0 Å². The van der Waals surface area contributed by atoms with E-state index in [1.807, 2.05) is 6.92 Å². The average Bonchev–Trinajstić information content (AvgIpc) is 2.52. The van der Waals surface area contributed by atoms with Crippen molar-refractivity contribution >= 4 is 5.91 Å². The van der Waals surface area contributed by atoms with Crippen molar-refractivity contribution in [1.82, 2.24) is 16.0 Å². The number of rotatable bonds is 4. The summed E-state index contributed by atoms with van der Waals surface area (Å²) in [5.41, 5.74) is 0. The molecule has 1 aliphatic rings. The summed E-state index contributed by atoms with van der Waals surface area (Å²) >= 11 is 0. The minimum absolute atomic E-state index is 0.0123. The Morgan fingerprint density at radius 3 is 2.67 bits per heavy atom. The molecule has 0 unspecified atom stereocenters. The lowest BCUT2D eigenvalue weighted by Gasteiger charge is -2.22. The minimum Gasteiger partial charge on any atom is -0.347 e. The molecular weight excluding hydrogens is 190 g/mol. The van der Waals surface area contributed by atoms with E-state index in [4.69, 9.17) is 0 Å². The Labute approximate surface area is 91.5 Å². The first-order chi connectivity index (χ1) is 7.13. The van der Waals surface area contributed by atoms with E-state index in [2.05, 4.69) is 29.8 Å². The van der Waals surface area contributed by atoms with Crippen LogP contribution in [0.15, 0.2) is 12.2 Å². The van der Waals surface area contributed by atoms with Crippen molar-refractivity contribution in [2.75, 3.05) is 13.1 Å². The molecule has 1 rings (SSSR count). The smallest absolute Gasteiger partial charge is 0.243 e. The molecule has 0 radical (unpaired) electrons. The third-order valence-corrected chi connectivity index (χ3v) is 2.41. The van der Waals surface area contributed by atoms with E-state index in [9.17, 15) is 4.79 Å². The molecule has 2 atom stereocenters. The third-order valence-electron chi connectivity index (χ3n) is 2.41. The fraction of sp³-hybridized carbons (Fsp3) is 0.727. The molecule has 86 valence electrons. The fourth-order valence-corrected chi connectivity index (χ4v) is 1.82. The summed E-state index contributed by atoms with van der Waals surface area (Å²) in [6, 6.07) is 0.964. The van der Waals surface area contributed by atoms with Crippen LogP contribution in [0.5, 0.6) is 0 Å². The lowest BCUT2D eigenvalue weighted by molar-refractivity contribution is -0.117. The number of amides is 1. The van der Waals surface area contributed by atoms with Crippen molar-refractivity contribution in [3.8, 4) is 0 Å². The molecule has 4 nitrogen and oxygen atoms in total. The fourth-order valence-electron chi connectivity index (χ4n) is 1.82. The molecular formula is C11H21N3O. The number of nitrogens with one attached hydrogen (secondary N) is 3. The van der Waals surface area contributed by atoms with E-state index in [1.54, 1.807) is 12.2 Å². The molecule has 0 spiro atoms. The number of hydrogen-bond acceptors (Lipinski definition) is 3. The summed E-state index contributed by atoms with van der Waals surface area (Å²) in [4.78, 5) is 11.4. The first-order valence-electron chi connectivity index (χ1n) is 5.53. The summed E-state index contributed by atoms with van der Waals surface area (Å²) in [6.07, 6.45) is 3.31. The Balaban J connectivity index is 2.42.